The van der Waals surface area contributed by atoms with Crippen LogP contribution < -0.4 is 11.2 Å². The Bertz CT molecular complexity index is 145. The van der Waals surface area contributed by atoms with Crippen molar-refractivity contribution in [2.45, 2.75) is 0 Å². The highest BCUT2D eigenvalue weighted by atomic mass is 32.2. The topological polar surface area (TPSA) is 53.6 Å². The molecule has 0 unspecified atom stereocenters. The van der Waals surface area contributed by atoms with Gasteiger partial charge >= 0.3 is 0 Å². The molecule has 0 saturated heterocycles. The molecule has 0 saturated carbocycles. The van der Waals surface area contributed by atoms with Crippen LogP contribution in [0.5, 0.6) is 0 Å². The first-order chi connectivity index (χ1) is 4.29. The Morgan fingerprint density at radius 3 is 3.22 bits per heavy atom. The molecule has 0 bridgehead atoms. The number of nitrogens with zero attached hydrogens (tertiary/aromatic N) is 2. The highest BCUT2D eigenvalue weighted by Gasteiger charge is 2.04. The first kappa shape index (κ1) is 6.63. The Morgan fingerprint density at radius 1 is 2.00 bits per heavy atom. The molecular weight excluding hydrogens is 156 g/mol. The lowest BCUT2D eigenvalue weighted by Crippen LogP contribution is -2.36. The van der Waals surface area contributed by atoms with E-state index in [2.05, 4.69) is 22.7 Å². The van der Waals surface area contributed by atoms with Gasteiger partial charge in [-0.05, 0) is 12.2 Å². The number of nitrogens with two attached hydrogens (primary N) is 1. The van der Waals surface area contributed by atoms with Crippen LogP contribution in [-0.2, 0) is 0 Å². The van der Waals surface area contributed by atoms with Crippen molar-refractivity contribution in [1.82, 2.24) is 9.95 Å². The summed E-state index contributed by atoms with van der Waals surface area (Å²) in [4.78, 5) is 0. The van der Waals surface area contributed by atoms with Gasteiger partial charge in [-0.3, -0.25) is 0 Å². The van der Waals surface area contributed by atoms with Crippen molar-refractivity contribution in [2.24, 2.45) is 10.8 Å². The Kier molecular flexibility index (Phi) is 2.12. The van der Waals surface area contributed by atoms with Gasteiger partial charge in [0.1, 0.15) is 0 Å². The molecule has 4 nitrogen and oxygen atoms in total. The number of hydrazone groups is 1. The fourth-order valence-electron chi connectivity index (χ4n) is 0.400. The Hall–Kier alpha value is -0.490. The summed E-state index contributed by atoms with van der Waals surface area (Å²) in [5.41, 5.74) is 7.81. The molecule has 1 aliphatic rings. The van der Waals surface area contributed by atoms with Gasteiger partial charge in [-0.25, -0.2) is 5.43 Å². The molecule has 6 heteroatoms. The molecule has 0 fully saturated rings. The van der Waals surface area contributed by atoms with Gasteiger partial charge in [-0.2, -0.15) is 5.10 Å². The molecule has 0 aromatic carbocycles. The molecule has 0 aromatic heterocycles. The van der Waals surface area contributed by atoms with Crippen LogP contribution >= 0.6 is 24.2 Å². The van der Waals surface area contributed by atoms with E-state index in [1.54, 1.807) is 6.21 Å². The second kappa shape index (κ2) is 2.88. The van der Waals surface area contributed by atoms with Crippen LogP contribution in [0.3, 0.4) is 0 Å². The number of hydrazine groups is 1. The largest absolute Gasteiger partial charge is 0.375 e. The van der Waals surface area contributed by atoms with Gasteiger partial charge in [-0.15, -0.1) is 4.52 Å². The fourth-order valence-corrected chi connectivity index (χ4v) is 1.12. The standard InChI is InChI=1S/C3H6N4S2/c4-3(8)6-7-5-1-2-9-7/h1H,2H2,(H3,4,6,8). The van der Waals surface area contributed by atoms with Gasteiger partial charge in [0.05, 0.1) is 5.75 Å². The van der Waals surface area contributed by atoms with Crippen molar-refractivity contribution < 1.29 is 0 Å². The van der Waals surface area contributed by atoms with Crippen molar-refractivity contribution in [1.29, 1.82) is 0 Å². The SMILES string of the molecule is NC(=S)NN1N=CCS1. The van der Waals surface area contributed by atoms with Gasteiger partial charge < -0.3 is 5.73 Å². The van der Waals surface area contributed by atoms with Crippen molar-refractivity contribution in [3.63, 3.8) is 0 Å². The second-order valence-corrected chi connectivity index (χ2v) is 2.72. The maximum atomic E-state index is 5.16. The zero-order valence-electron chi connectivity index (χ0n) is 4.57. The van der Waals surface area contributed by atoms with Crippen LogP contribution in [0, 0.1) is 0 Å². The summed E-state index contributed by atoms with van der Waals surface area (Å²) in [6.45, 7) is 0. The van der Waals surface area contributed by atoms with Gasteiger partial charge in [0.15, 0.2) is 5.11 Å². The van der Waals surface area contributed by atoms with Gasteiger partial charge in [0, 0.05) is 18.2 Å². The van der Waals surface area contributed by atoms with Gasteiger partial charge in [0.25, 0.3) is 0 Å². The molecule has 50 valence electrons. The average molecular weight is 162 g/mol. The fraction of sp³-hybridized carbons (Fsp3) is 0.333. The molecule has 0 atom stereocenters. The average Bonchev–Trinajstić information content (AvgIpc) is 2.15. The maximum Gasteiger partial charge on any atom is 0.184 e. The summed E-state index contributed by atoms with van der Waals surface area (Å²) in [5, 5.41) is 4.11. The van der Waals surface area contributed by atoms with Crippen molar-refractivity contribution in [3.05, 3.63) is 0 Å². The first-order valence-corrected chi connectivity index (χ1v) is 3.65. The minimum Gasteiger partial charge on any atom is -0.375 e. The Labute approximate surface area is 62.6 Å². The number of rotatable bonds is 1. The molecule has 0 radical (unpaired) electrons. The van der Waals surface area contributed by atoms with Crippen LogP contribution in [-0.4, -0.2) is 21.6 Å². The van der Waals surface area contributed by atoms with E-state index in [-0.39, 0.29) is 5.11 Å². The van der Waals surface area contributed by atoms with E-state index in [4.69, 9.17) is 5.73 Å². The van der Waals surface area contributed by atoms with Crippen LogP contribution in [0.4, 0.5) is 0 Å². The van der Waals surface area contributed by atoms with E-state index >= 15 is 0 Å². The van der Waals surface area contributed by atoms with E-state index in [9.17, 15) is 0 Å². The summed E-state index contributed by atoms with van der Waals surface area (Å²) in [7, 11) is 0. The van der Waals surface area contributed by atoms with Crippen LogP contribution in [0.25, 0.3) is 0 Å². The summed E-state index contributed by atoms with van der Waals surface area (Å²) in [6.07, 6.45) is 1.77. The highest BCUT2D eigenvalue weighted by Crippen LogP contribution is 2.09. The lowest BCUT2D eigenvalue weighted by molar-refractivity contribution is 0.468. The second-order valence-electron chi connectivity index (χ2n) is 1.34. The smallest absolute Gasteiger partial charge is 0.184 e. The number of hydrogen-bond acceptors (Lipinski definition) is 4. The molecule has 1 aliphatic heterocycles. The van der Waals surface area contributed by atoms with E-state index in [1.807, 2.05) is 0 Å². The van der Waals surface area contributed by atoms with Crippen molar-refractivity contribution >= 4 is 35.5 Å². The predicted molar refractivity (Wildman–Crippen MR) is 42.7 cm³/mol. The molecule has 1 heterocycles. The zero-order chi connectivity index (χ0) is 6.69. The monoisotopic (exact) mass is 162 g/mol. The lowest BCUT2D eigenvalue weighted by atomic mass is 10.9. The third kappa shape index (κ3) is 2.06. The number of hydrogen-bond donors (Lipinski definition) is 2. The van der Waals surface area contributed by atoms with Crippen LogP contribution in [0.2, 0.25) is 0 Å². The highest BCUT2D eigenvalue weighted by molar-refractivity contribution is 7.97. The molecular formula is C3H6N4S2. The number of nitrogens with one attached hydrogen (secondary N) is 1. The molecule has 0 spiro atoms. The Balaban J connectivity index is 2.28. The molecule has 9 heavy (non-hydrogen) atoms. The predicted octanol–water partition coefficient (Wildman–Crippen LogP) is -0.316. The zero-order valence-corrected chi connectivity index (χ0v) is 6.21. The molecule has 3 N–H and O–H groups in total. The minimum atomic E-state index is 0.238. The summed E-state index contributed by atoms with van der Waals surface area (Å²) < 4.78 is 1.53. The number of thiocarbonyl (C=S) groups is 1. The summed E-state index contributed by atoms with van der Waals surface area (Å²) in [6, 6.07) is 0. The van der Waals surface area contributed by atoms with E-state index < -0.39 is 0 Å². The van der Waals surface area contributed by atoms with Crippen molar-refractivity contribution in [2.75, 3.05) is 5.75 Å². The van der Waals surface area contributed by atoms with E-state index in [0.717, 1.165) is 5.75 Å². The normalized spacial score (nSPS) is 16.2. The van der Waals surface area contributed by atoms with E-state index in [0.29, 0.717) is 0 Å². The van der Waals surface area contributed by atoms with E-state index in [1.165, 1.54) is 16.5 Å². The molecule has 1 rings (SSSR count). The maximum absolute atomic E-state index is 5.16. The first-order valence-electron chi connectivity index (χ1n) is 2.30. The lowest BCUT2D eigenvalue weighted by Gasteiger charge is -2.11. The summed E-state index contributed by atoms with van der Waals surface area (Å²) >= 11 is 6.07. The molecule has 0 aliphatic carbocycles. The van der Waals surface area contributed by atoms with Crippen molar-refractivity contribution in [3.8, 4) is 0 Å². The third-order valence-corrected chi connectivity index (χ3v) is 1.48. The minimum absolute atomic E-state index is 0.238. The Morgan fingerprint density at radius 2 is 2.78 bits per heavy atom. The molecule has 0 aromatic rings. The quantitative estimate of drug-likeness (QED) is 0.409. The third-order valence-electron chi connectivity index (χ3n) is 0.664. The van der Waals surface area contributed by atoms with Crippen LogP contribution in [0.15, 0.2) is 5.10 Å². The van der Waals surface area contributed by atoms with Gasteiger partial charge in [0.2, 0.25) is 0 Å². The molecule has 0 amide bonds. The van der Waals surface area contributed by atoms with Crippen LogP contribution in [0.1, 0.15) is 0 Å². The van der Waals surface area contributed by atoms with Gasteiger partial charge in [-0.1, -0.05) is 0 Å². The summed E-state index contributed by atoms with van der Waals surface area (Å²) in [5.74, 6) is 0.871.